The van der Waals surface area contributed by atoms with E-state index in [1.54, 1.807) is 32.9 Å². The van der Waals surface area contributed by atoms with Gasteiger partial charge in [0.2, 0.25) is 0 Å². The second-order valence-corrected chi connectivity index (χ2v) is 10.8. The molecule has 40 heavy (non-hydrogen) atoms. The first-order chi connectivity index (χ1) is 19.2. The number of morpholine rings is 1. The quantitative estimate of drug-likeness (QED) is 0.315. The van der Waals surface area contributed by atoms with E-state index >= 15 is 0 Å². The van der Waals surface area contributed by atoms with E-state index in [1.165, 1.54) is 0 Å². The normalized spacial score (nSPS) is 14.2. The van der Waals surface area contributed by atoms with Gasteiger partial charge in [-0.3, -0.25) is 19.7 Å². The molecule has 1 aromatic heterocycles. The van der Waals surface area contributed by atoms with Gasteiger partial charge in [-0.15, -0.1) is 0 Å². The number of rotatable bonds is 7. The molecular weight excluding hydrogens is 506 g/mol. The predicted molar refractivity (Wildman–Crippen MR) is 157 cm³/mol. The van der Waals surface area contributed by atoms with Crippen LogP contribution in [0.2, 0.25) is 0 Å². The lowest BCUT2D eigenvalue weighted by Gasteiger charge is -2.26. The summed E-state index contributed by atoms with van der Waals surface area (Å²) in [5.74, 6) is -0.291. The first-order valence-corrected chi connectivity index (χ1v) is 13.5. The molecule has 0 saturated carbocycles. The number of carbonyl (C=O) groups is 2. The van der Waals surface area contributed by atoms with Crippen LogP contribution in [-0.2, 0) is 16.0 Å². The summed E-state index contributed by atoms with van der Waals surface area (Å²) in [4.78, 5) is 28.3. The number of nitrogens with one attached hydrogen (secondary N) is 2. The highest BCUT2D eigenvalue weighted by molar-refractivity contribution is 6.08. The summed E-state index contributed by atoms with van der Waals surface area (Å²) in [6.07, 6.45) is 1.37. The number of fused-ring (bicyclic) bond motifs is 1. The highest BCUT2D eigenvalue weighted by atomic mass is 16.6. The number of benzene rings is 3. The van der Waals surface area contributed by atoms with Crippen LogP contribution in [0.15, 0.2) is 72.9 Å². The van der Waals surface area contributed by atoms with Crippen LogP contribution in [-0.4, -0.2) is 65.1 Å². The molecule has 0 radical (unpaired) electrons. The van der Waals surface area contributed by atoms with E-state index in [4.69, 9.17) is 9.47 Å². The molecule has 2 amide bonds. The van der Waals surface area contributed by atoms with Crippen LogP contribution < -0.4 is 10.6 Å². The molecule has 0 atom stereocenters. The second-order valence-electron chi connectivity index (χ2n) is 10.8. The van der Waals surface area contributed by atoms with Crippen LogP contribution in [0.1, 0.15) is 31.1 Å². The highest BCUT2D eigenvalue weighted by Crippen LogP contribution is 2.30. The number of nitrogens with zero attached hydrogens (tertiary/aromatic N) is 3. The van der Waals surface area contributed by atoms with Crippen molar-refractivity contribution in [1.82, 2.24) is 14.7 Å². The van der Waals surface area contributed by atoms with E-state index in [2.05, 4.69) is 20.6 Å². The third kappa shape index (κ3) is 7.05. The maximum atomic E-state index is 13.4. The van der Waals surface area contributed by atoms with Crippen LogP contribution in [0, 0.1) is 0 Å². The Hall–Kier alpha value is -4.21. The van der Waals surface area contributed by atoms with Gasteiger partial charge in [0.15, 0.2) is 0 Å². The lowest BCUT2D eigenvalue weighted by atomic mass is 10.0. The molecule has 0 aliphatic carbocycles. The van der Waals surface area contributed by atoms with E-state index in [1.807, 2.05) is 65.5 Å². The Morgan fingerprint density at radius 3 is 2.42 bits per heavy atom. The first-order valence-electron chi connectivity index (χ1n) is 13.5. The summed E-state index contributed by atoms with van der Waals surface area (Å²) in [5, 5.41) is 11.3. The fourth-order valence-electron chi connectivity index (χ4n) is 4.58. The number of ether oxygens (including phenoxy) is 2. The second kappa shape index (κ2) is 11.9. The topological polar surface area (TPSA) is 97.7 Å². The summed E-state index contributed by atoms with van der Waals surface area (Å²) in [7, 11) is 0. The van der Waals surface area contributed by atoms with Crippen molar-refractivity contribution in [2.75, 3.05) is 43.5 Å². The maximum Gasteiger partial charge on any atom is 0.412 e. The Morgan fingerprint density at radius 2 is 1.68 bits per heavy atom. The molecule has 1 fully saturated rings. The Labute approximate surface area is 234 Å². The molecule has 1 aliphatic rings. The zero-order chi connectivity index (χ0) is 28.1. The summed E-state index contributed by atoms with van der Waals surface area (Å²) in [5.41, 5.74) is 3.48. The third-order valence-corrected chi connectivity index (χ3v) is 6.57. The van der Waals surface area contributed by atoms with Gasteiger partial charge in [-0.1, -0.05) is 36.4 Å². The summed E-state index contributed by atoms with van der Waals surface area (Å²) < 4.78 is 12.8. The lowest BCUT2D eigenvalue weighted by molar-refractivity contribution is 0.0360. The smallest absolute Gasteiger partial charge is 0.412 e. The summed E-state index contributed by atoms with van der Waals surface area (Å²) in [6, 6.07) is 20.8. The summed E-state index contributed by atoms with van der Waals surface area (Å²) >= 11 is 0. The minimum atomic E-state index is -0.653. The number of anilines is 2. The molecule has 1 saturated heterocycles. The molecule has 2 heterocycles. The molecule has 0 bridgehead atoms. The van der Waals surface area contributed by atoms with Crippen LogP contribution >= 0.6 is 0 Å². The van der Waals surface area contributed by atoms with Gasteiger partial charge in [-0.2, -0.15) is 5.10 Å². The first kappa shape index (κ1) is 27.4. The van der Waals surface area contributed by atoms with Crippen molar-refractivity contribution in [3.63, 3.8) is 0 Å². The Kier molecular flexibility index (Phi) is 8.14. The van der Waals surface area contributed by atoms with Gasteiger partial charge in [0.1, 0.15) is 5.60 Å². The van der Waals surface area contributed by atoms with Gasteiger partial charge in [0.25, 0.3) is 5.91 Å². The van der Waals surface area contributed by atoms with E-state index in [9.17, 15) is 9.59 Å². The van der Waals surface area contributed by atoms with Crippen molar-refractivity contribution in [3.8, 4) is 11.1 Å². The fourth-order valence-corrected chi connectivity index (χ4v) is 4.58. The number of hydrogen-bond acceptors (Lipinski definition) is 6. The zero-order valence-corrected chi connectivity index (χ0v) is 23.1. The Balaban J connectivity index is 1.35. The fraction of sp³-hybridized carbons (Fsp3) is 0.323. The molecule has 0 unspecified atom stereocenters. The monoisotopic (exact) mass is 541 g/mol. The minimum absolute atomic E-state index is 0.291. The molecule has 9 heteroatoms. The van der Waals surface area contributed by atoms with Crippen LogP contribution in [0.25, 0.3) is 22.0 Å². The van der Waals surface area contributed by atoms with E-state index in [0.717, 1.165) is 61.4 Å². The minimum Gasteiger partial charge on any atom is -0.444 e. The Bertz CT molecular complexity index is 1490. The van der Waals surface area contributed by atoms with Crippen molar-refractivity contribution < 1.29 is 19.1 Å². The van der Waals surface area contributed by atoms with Crippen molar-refractivity contribution in [1.29, 1.82) is 0 Å². The van der Waals surface area contributed by atoms with Crippen molar-refractivity contribution >= 4 is 34.3 Å². The summed E-state index contributed by atoms with van der Waals surface area (Å²) in [6.45, 7) is 10.5. The van der Waals surface area contributed by atoms with Crippen LogP contribution in [0.3, 0.4) is 0 Å². The predicted octanol–water partition coefficient (Wildman–Crippen LogP) is 5.63. The van der Waals surface area contributed by atoms with Gasteiger partial charge in [-0.05, 0) is 62.2 Å². The molecule has 9 nitrogen and oxygen atoms in total. The van der Waals surface area contributed by atoms with Crippen molar-refractivity contribution in [3.05, 3.63) is 78.5 Å². The van der Waals surface area contributed by atoms with Crippen molar-refractivity contribution in [2.45, 2.75) is 32.9 Å². The number of carbonyl (C=O) groups excluding carboxylic acids is 2. The van der Waals surface area contributed by atoms with Crippen LogP contribution in [0.4, 0.5) is 16.2 Å². The van der Waals surface area contributed by atoms with Gasteiger partial charge in [-0.25, -0.2) is 4.79 Å². The standard InChI is InChI=1S/C31H35N5O4/c1-31(2,3)40-30(38)33-27-12-9-23(22-7-5-4-6-8-22)20-28(27)32-29(37)24-10-11-26-25(19-24)21-36(34-26)14-13-35-15-17-39-18-16-35/h4-12,19-21H,13-18H2,1-3H3,(H,32,37)(H,33,38). The van der Waals surface area contributed by atoms with Crippen molar-refractivity contribution in [2.24, 2.45) is 0 Å². The molecule has 1 aliphatic heterocycles. The SMILES string of the molecule is CC(C)(C)OC(=O)Nc1ccc(-c2ccccc2)cc1NC(=O)c1ccc2nn(CCN3CCOCC3)cc2c1. The molecule has 4 aromatic rings. The highest BCUT2D eigenvalue weighted by Gasteiger charge is 2.19. The van der Waals surface area contributed by atoms with Crippen LogP contribution in [0.5, 0.6) is 0 Å². The molecule has 5 rings (SSSR count). The van der Waals surface area contributed by atoms with Gasteiger partial charge in [0.05, 0.1) is 36.6 Å². The number of amides is 2. The maximum absolute atomic E-state index is 13.4. The largest absolute Gasteiger partial charge is 0.444 e. The average Bonchev–Trinajstić information content (AvgIpc) is 3.35. The number of aromatic nitrogens is 2. The number of hydrogen-bond donors (Lipinski definition) is 2. The van der Waals surface area contributed by atoms with Gasteiger partial charge < -0.3 is 14.8 Å². The van der Waals surface area contributed by atoms with E-state index in [0.29, 0.717) is 16.9 Å². The lowest BCUT2D eigenvalue weighted by Crippen LogP contribution is -2.38. The van der Waals surface area contributed by atoms with Gasteiger partial charge >= 0.3 is 6.09 Å². The Morgan fingerprint density at radius 1 is 0.900 bits per heavy atom. The molecule has 3 aromatic carbocycles. The third-order valence-electron chi connectivity index (χ3n) is 6.57. The van der Waals surface area contributed by atoms with Gasteiger partial charge in [0, 0.05) is 36.8 Å². The molecule has 2 N–H and O–H groups in total. The molecule has 0 spiro atoms. The molecular formula is C31H35N5O4. The van der Waals surface area contributed by atoms with E-state index < -0.39 is 11.7 Å². The average molecular weight is 542 g/mol. The van der Waals surface area contributed by atoms with E-state index in [-0.39, 0.29) is 5.91 Å². The molecule has 208 valence electrons. The zero-order valence-electron chi connectivity index (χ0n) is 23.1.